The molecule has 1 aromatic rings. The number of halogens is 3. The van der Waals surface area contributed by atoms with Gasteiger partial charge in [0.15, 0.2) is 6.20 Å². The molecule has 0 aliphatic carbocycles. The van der Waals surface area contributed by atoms with Crippen molar-refractivity contribution in [3.8, 4) is 0 Å². The van der Waals surface area contributed by atoms with Crippen LogP contribution in [0.3, 0.4) is 0 Å². The Labute approximate surface area is 78.9 Å². The smallest absolute Gasteiger partial charge is 0.305 e. The molecule has 0 aliphatic heterocycles. The fourth-order valence-corrected chi connectivity index (χ4v) is 1.12. The Morgan fingerprint density at radius 2 is 2.09 bits per heavy atom. The van der Waals surface area contributed by atoms with Crippen LogP contribution < -0.4 is 4.73 Å². The zero-order valence-corrected chi connectivity index (χ0v) is 7.62. The van der Waals surface area contributed by atoms with Gasteiger partial charge in [0.05, 0.1) is 5.88 Å². The third-order valence-corrected chi connectivity index (χ3v) is 2.20. The van der Waals surface area contributed by atoms with Crippen molar-refractivity contribution >= 4 is 34.8 Å². The van der Waals surface area contributed by atoms with Crippen molar-refractivity contribution in [2.75, 3.05) is 0 Å². The van der Waals surface area contributed by atoms with Crippen LogP contribution >= 0.6 is 34.8 Å². The number of alkyl halides is 1. The topological polar surface area (TPSA) is 26.9 Å². The molecule has 0 bridgehead atoms. The molecule has 0 spiro atoms. The highest BCUT2D eigenvalue weighted by molar-refractivity contribution is 6.40. The van der Waals surface area contributed by atoms with Crippen molar-refractivity contribution < 1.29 is 4.73 Å². The first-order chi connectivity index (χ1) is 5.15. The van der Waals surface area contributed by atoms with Gasteiger partial charge in [0.2, 0.25) is 0 Å². The molecule has 0 aliphatic rings. The molecule has 1 rings (SSSR count). The summed E-state index contributed by atoms with van der Waals surface area (Å²) in [6.07, 6.45) is 1.29. The maximum atomic E-state index is 10.9. The number of hydrogen-bond acceptors (Lipinski definition) is 1. The van der Waals surface area contributed by atoms with Crippen LogP contribution in [0.2, 0.25) is 10.2 Å². The molecule has 1 aromatic heterocycles. The van der Waals surface area contributed by atoms with E-state index in [1.165, 1.54) is 6.20 Å². The van der Waals surface area contributed by atoms with Gasteiger partial charge < -0.3 is 5.21 Å². The van der Waals surface area contributed by atoms with Crippen LogP contribution in [0, 0.1) is 5.21 Å². The molecule has 11 heavy (non-hydrogen) atoms. The lowest BCUT2D eigenvalue weighted by Crippen LogP contribution is -2.27. The summed E-state index contributed by atoms with van der Waals surface area (Å²) >= 11 is 16.5. The van der Waals surface area contributed by atoms with Gasteiger partial charge in [-0.15, -0.1) is 11.6 Å². The lowest BCUT2D eigenvalue weighted by molar-refractivity contribution is -0.603. The molecular weight excluding hydrogens is 208 g/mol. The maximum Gasteiger partial charge on any atom is 0.305 e. The van der Waals surface area contributed by atoms with Crippen LogP contribution in [-0.2, 0) is 5.88 Å². The fourth-order valence-electron chi connectivity index (χ4n) is 0.645. The largest absolute Gasteiger partial charge is 0.618 e. The minimum absolute atomic E-state index is 0.0273. The molecule has 0 atom stereocenters. The van der Waals surface area contributed by atoms with E-state index in [0.29, 0.717) is 10.3 Å². The van der Waals surface area contributed by atoms with Crippen LogP contribution in [0.25, 0.3) is 0 Å². The normalized spacial score (nSPS) is 10.1. The molecule has 0 saturated carbocycles. The Balaban J connectivity index is 3.21. The summed E-state index contributed by atoms with van der Waals surface area (Å²) in [6.45, 7) is 0. The molecule has 5 heteroatoms. The third-order valence-electron chi connectivity index (χ3n) is 1.14. The Morgan fingerprint density at radius 1 is 1.45 bits per heavy atom. The molecule has 60 valence electrons. The highest BCUT2D eigenvalue weighted by Gasteiger charge is 2.09. The van der Waals surface area contributed by atoms with Gasteiger partial charge in [-0.3, -0.25) is 0 Å². The fraction of sp³-hybridized carbons (Fsp3) is 0.167. The number of rotatable bonds is 1. The highest BCUT2D eigenvalue weighted by Crippen LogP contribution is 2.18. The van der Waals surface area contributed by atoms with E-state index in [0.717, 1.165) is 0 Å². The van der Waals surface area contributed by atoms with Crippen molar-refractivity contribution in [2.24, 2.45) is 0 Å². The van der Waals surface area contributed by atoms with Crippen molar-refractivity contribution in [3.05, 3.63) is 33.2 Å². The monoisotopic (exact) mass is 211 g/mol. The second-order valence-electron chi connectivity index (χ2n) is 1.95. The molecule has 0 saturated heterocycles. The lowest BCUT2D eigenvalue weighted by Gasteiger charge is -2.01. The standard InChI is InChI=1S/C6H4Cl3NO/c7-2-4-1-5(8)6(9)10(11)3-4/h1,3H,2H2. The van der Waals surface area contributed by atoms with E-state index in [1.54, 1.807) is 6.07 Å². The Bertz CT molecular complexity index is 254. The molecule has 0 N–H and O–H groups in total. The SMILES string of the molecule is [O-][n+]1cc(CCl)cc(Cl)c1Cl. The van der Waals surface area contributed by atoms with Gasteiger partial charge in [0, 0.05) is 5.56 Å². The van der Waals surface area contributed by atoms with Gasteiger partial charge in [0.25, 0.3) is 0 Å². The zero-order chi connectivity index (χ0) is 8.43. The highest BCUT2D eigenvalue weighted by atomic mass is 35.5. The predicted molar refractivity (Wildman–Crippen MR) is 45.0 cm³/mol. The molecule has 0 unspecified atom stereocenters. The van der Waals surface area contributed by atoms with Gasteiger partial charge in [-0.25, -0.2) is 0 Å². The first-order valence-electron chi connectivity index (χ1n) is 2.78. The molecule has 0 fully saturated rings. The number of hydrogen-bond donors (Lipinski definition) is 0. The van der Waals surface area contributed by atoms with Gasteiger partial charge in [0.1, 0.15) is 5.02 Å². The molecule has 0 aromatic carbocycles. The van der Waals surface area contributed by atoms with Crippen LogP contribution in [0.1, 0.15) is 5.56 Å². The summed E-state index contributed by atoms with van der Waals surface area (Å²) in [5, 5.41) is 11.1. The van der Waals surface area contributed by atoms with E-state index in [4.69, 9.17) is 34.8 Å². The van der Waals surface area contributed by atoms with Gasteiger partial charge >= 0.3 is 5.15 Å². The molecule has 1 heterocycles. The third kappa shape index (κ3) is 1.89. The molecule has 0 amide bonds. The van der Waals surface area contributed by atoms with Crippen molar-refractivity contribution in [1.29, 1.82) is 0 Å². The summed E-state index contributed by atoms with van der Waals surface area (Å²) in [5.74, 6) is 0.249. The Kier molecular flexibility index (Phi) is 2.82. The van der Waals surface area contributed by atoms with Crippen molar-refractivity contribution in [3.63, 3.8) is 0 Å². The van der Waals surface area contributed by atoms with Gasteiger partial charge in [-0.2, -0.15) is 4.73 Å². The molecule has 0 radical (unpaired) electrons. The van der Waals surface area contributed by atoms with E-state index >= 15 is 0 Å². The van der Waals surface area contributed by atoms with E-state index in [1.807, 2.05) is 0 Å². The summed E-state index contributed by atoms with van der Waals surface area (Å²) in [4.78, 5) is 0. The van der Waals surface area contributed by atoms with Crippen molar-refractivity contribution in [1.82, 2.24) is 0 Å². The second-order valence-corrected chi connectivity index (χ2v) is 2.98. The number of aromatic nitrogens is 1. The Morgan fingerprint density at radius 3 is 2.55 bits per heavy atom. The van der Waals surface area contributed by atoms with E-state index in [2.05, 4.69) is 0 Å². The minimum atomic E-state index is -0.0273. The summed E-state index contributed by atoms with van der Waals surface area (Å²) in [7, 11) is 0. The first kappa shape index (κ1) is 8.91. The van der Waals surface area contributed by atoms with E-state index in [9.17, 15) is 5.21 Å². The van der Waals surface area contributed by atoms with Crippen LogP contribution in [-0.4, -0.2) is 0 Å². The predicted octanol–water partition coefficient (Wildman–Crippen LogP) is 2.37. The zero-order valence-electron chi connectivity index (χ0n) is 5.35. The van der Waals surface area contributed by atoms with Crippen LogP contribution in [0.15, 0.2) is 12.3 Å². The molecule has 2 nitrogen and oxygen atoms in total. The average molecular weight is 212 g/mol. The van der Waals surface area contributed by atoms with Crippen LogP contribution in [0.4, 0.5) is 0 Å². The van der Waals surface area contributed by atoms with Gasteiger partial charge in [-0.1, -0.05) is 11.6 Å². The average Bonchev–Trinajstić information content (AvgIpc) is 1.99. The van der Waals surface area contributed by atoms with Crippen LogP contribution in [0.5, 0.6) is 0 Å². The maximum absolute atomic E-state index is 10.9. The summed E-state index contributed by atoms with van der Waals surface area (Å²) in [5.41, 5.74) is 0.649. The van der Waals surface area contributed by atoms with E-state index < -0.39 is 0 Å². The number of nitrogens with zero attached hydrogens (tertiary/aromatic N) is 1. The first-order valence-corrected chi connectivity index (χ1v) is 4.07. The quantitative estimate of drug-likeness (QED) is 0.304. The molecular formula is C6H4Cl3NO. The van der Waals surface area contributed by atoms with Gasteiger partial charge in [-0.05, 0) is 17.7 Å². The Hall–Kier alpha value is -0.180. The summed E-state index contributed by atoms with van der Waals surface area (Å²) < 4.78 is 0.488. The van der Waals surface area contributed by atoms with E-state index in [-0.39, 0.29) is 16.1 Å². The lowest BCUT2D eigenvalue weighted by atomic mass is 10.3. The number of pyridine rings is 1. The second kappa shape index (κ2) is 3.48. The van der Waals surface area contributed by atoms with Crippen molar-refractivity contribution in [2.45, 2.75) is 5.88 Å². The minimum Gasteiger partial charge on any atom is -0.618 e. The summed E-state index contributed by atoms with van der Waals surface area (Å²) in [6, 6.07) is 1.56.